The Labute approximate surface area is 136 Å². The fraction of sp³-hybridized carbons (Fsp3) is 1.00. The van der Waals surface area contributed by atoms with Gasteiger partial charge in [0.25, 0.3) is 0 Å². The van der Waals surface area contributed by atoms with Crippen LogP contribution in [0.1, 0.15) is 59.8 Å². The number of aliphatic hydroxyl groups excluding tert-OH is 2. The maximum absolute atomic E-state index is 8.87. The van der Waals surface area contributed by atoms with E-state index in [2.05, 4.69) is 38.3 Å². The van der Waals surface area contributed by atoms with Crippen LogP contribution in [0.25, 0.3) is 0 Å². The topological polar surface area (TPSA) is 128 Å². The second kappa shape index (κ2) is 14.4. The molecule has 0 aromatic rings. The van der Waals surface area contributed by atoms with Gasteiger partial charge >= 0.3 is 0 Å². The predicted octanol–water partition coefficient (Wildman–Crippen LogP) is 0.256. The highest BCUT2D eigenvalue weighted by atomic mass is 16.3. The third-order valence-corrected chi connectivity index (χ3v) is 4.51. The summed E-state index contributed by atoms with van der Waals surface area (Å²) in [6, 6.07) is 0. The molecule has 0 amide bonds. The van der Waals surface area contributed by atoms with E-state index in [1.165, 1.54) is 19.3 Å². The van der Waals surface area contributed by atoms with Gasteiger partial charge in [-0.25, -0.2) is 0 Å². The SMILES string of the molecule is CC(C)(CCCCNCCCO)C(C)(C)NCCCO.O.O. The summed E-state index contributed by atoms with van der Waals surface area (Å²) in [7, 11) is 0. The van der Waals surface area contributed by atoms with Gasteiger partial charge in [-0.2, -0.15) is 0 Å². The third kappa shape index (κ3) is 11.3. The molecule has 0 aliphatic heterocycles. The summed E-state index contributed by atoms with van der Waals surface area (Å²) in [5.41, 5.74) is 0.306. The van der Waals surface area contributed by atoms with E-state index in [1.807, 2.05) is 0 Å². The zero-order valence-corrected chi connectivity index (χ0v) is 15.0. The molecule has 0 rings (SSSR count). The van der Waals surface area contributed by atoms with E-state index in [9.17, 15) is 0 Å². The smallest absolute Gasteiger partial charge is 0.0443 e. The van der Waals surface area contributed by atoms with Crippen LogP contribution in [0.2, 0.25) is 0 Å². The highest BCUT2D eigenvalue weighted by Crippen LogP contribution is 2.35. The van der Waals surface area contributed by atoms with Gasteiger partial charge < -0.3 is 31.8 Å². The van der Waals surface area contributed by atoms with E-state index < -0.39 is 0 Å². The zero-order chi connectivity index (χ0) is 15.5. The van der Waals surface area contributed by atoms with E-state index in [-0.39, 0.29) is 35.1 Å². The van der Waals surface area contributed by atoms with Crippen LogP contribution in [0.5, 0.6) is 0 Å². The van der Waals surface area contributed by atoms with Crippen LogP contribution in [0.3, 0.4) is 0 Å². The molecule has 6 heteroatoms. The molecule has 0 spiro atoms. The first-order valence-electron chi connectivity index (χ1n) is 8.05. The van der Waals surface area contributed by atoms with Crippen LogP contribution < -0.4 is 10.6 Å². The molecule has 0 bridgehead atoms. The number of rotatable bonds is 13. The molecule has 0 unspecified atom stereocenters. The molecule has 0 aromatic heterocycles. The number of unbranched alkanes of at least 4 members (excludes halogenated alkanes) is 1. The molecule has 0 saturated heterocycles. The number of hydrogen-bond donors (Lipinski definition) is 4. The number of hydrogen-bond acceptors (Lipinski definition) is 4. The zero-order valence-electron chi connectivity index (χ0n) is 15.0. The lowest BCUT2D eigenvalue weighted by molar-refractivity contribution is 0.134. The van der Waals surface area contributed by atoms with Gasteiger partial charge in [-0.15, -0.1) is 0 Å². The molecule has 0 fully saturated rings. The Kier molecular flexibility index (Phi) is 17.4. The van der Waals surface area contributed by atoms with Crippen molar-refractivity contribution in [2.24, 2.45) is 5.41 Å². The quantitative estimate of drug-likeness (QED) is 0.362. The summed E-state index contributed by atoms with van der Waals surface area (Å²) in [6.07, 6.45) is 5.24. The molecule has 0 aromatic carbocycles. The van der Waals surface area contributed by atoms with E-state index in [4.69, 9.17) is 10.2 Å². The summed E-state index contributed by atoms with van der Waals surface area (Å²) in [4.78, 5) is 0. The Hall–Kier alpha value is -0.240. The predicted molar refractivity (Wildman–Crippen MR) is 93.2 cm³/mol. The van der Waals surface area contributed by atoms with Gasteiger partial charge in [0, 0.05) is 18.8 Å². The first-order valence-corrected chi connectivity index (χ1v) is 8.05. The van der Waals surface area contributed by atoms with Crippen LogP contribution in [-0.4, -0.2) is 59.6 Å². The Balaban J connectivity index is -0.00000180. The Morgan fingerprint density at radius 3 is 1.77 bits per heavy atom. The Morgan fingerprint density at radius 2 is 1.23 bits per heavy atom. The van der Waals surface area contributed by atoms with Gasteiger partial charge in [-0.3, -0.25) is 0 Å². The fourth-order valence-corrected chi connectivity index (χ4v) is 2.18. The molecule has 0 aliphatic rings. The molecular weight excluding hydrogens is 284 g/mol. The van der Waals surface area contributed by atoms with Crippen LogP contribution >= 0.6 is 0 Å². The van der Waals surface area contributed by atoms with E-state index in [0.717, 1.165) is 32.5 Å². The molecule has 22 heavy (non-hydrogen) atoms. The van der Waals surface area contributed by atoms with Crippen molar-refractivity contribution in [2.45, 2.75) is 65.3 Å². The van der Waals surface area contributed by atoms with Gasteiger partial charge in [0.1, 0.15) is 0 Å². The molecule has 6 nitrogen and oxygen atoms in total. The first-order chi connectivity index (χ1) is 9.37. The average Bonchev–Trinajstić information content (AvgIpc) is 2.37. The normalized spacial score (nSPS) is 11.7. The van der Waals surface area contributed by atoms with Crippen LogP contribution in [0, 0.1) is 5.41 Å². The van der Waals surface area contributed by atoms with Gasteiger partial charge in [0.2, 0.25) is 0 Å². The van der Waals surface area contributed by atoms with Crippen molar-refractivity contribution in [3.05, 3.63) is 0 Å². The molecule has 0 saturated carbocycles. The lowest BCUT2D eigenvalue weighted by Crippen LogP contribution is -2.51. The van der Waals surface area contributed by atoms with Crippen molar-refractivity contribution in [1.29, 1.82) is 0 Å². The number of aliphatic hydroxyl groups is 2. The Morgan fingerprint density at radius 1 is 0.727 bits per heavy atom. The standard InChI is InChI=1S/C16H36N2O2.2H2O/c1-15(2,16(3,4)18-12-8-14-20)9-5-6-10-17-11-7-13-19;;/h17-20H,5-14H2,1-4H3;2*1H2. The summed E-state index contributed by atoms with van der Waals surface area (Å²) in [5, 5.41) is 24.5. The van der Waals surface area contributed by atoms with Crippen molar-refractivity contribution in [2.75, 3.05) is 32.8 Å². The summed E-state index contributed by atoms with van der Waals surface area (Å²) < 4.78 is 0. The van der Waals surface area contributed by atoms with Crippen LogP contribution in [0.4, 0.5) is 0 Å². The van der Waals surface area contributed by atoms with E-state index >= 15 is 0 Å². The third-order valence-electron chi connectivity index (χ3n) is 4.51. The molecule has 0 aliphatic carbocycles. The summed E-state index contributed by atoms with van der Waals surface area (Å²) in [5.74, 6) is 0. The average molecular weight is 325 g/mol. The Bertz CT molecular complexity index is 236. The molecule has 0 atom stereocenters. The fourth-order valence-electron chi connectivity index (χ4n) is 2.18. The van der Waals surface area contributed by atoms with Crippen molar-refractivity contribution >= 4 is 0 Å². The van der Waals surface area contributed by atoms with E-state index in [0.29, 0.717) is 0 Å². The van der Waals surface area contributed by atoms with Crippen molar-refractivity contribution in [3.8, 4) is 0 Å². The monoisotopic (exact) mass is 324 g/mol. The van der Waals surface area contributed by atoms with E-state index in [1.54, 1.807) is 0 Å². The van der Waals surface area contributed by atoms with Gasteiger partial charge in [-0.05, 0) is 64.6 Å². The maximum atomic E-state index is 8.87. The van der Waals surface area contributed by atoms with Crippen molar-refractivity contribution < 1.29 is 21.2 Å². The second-order valence-corrected chi connectivity index (χ2v) is 6.80. The van der Waals surface area contributed by atoms with Crippen molar-refractivity contribution in [3.63, 3.8) is 0 Å². The van der Waals surface area contributed by atoms with Crippen LogP contribution in [0.15, 0.2) is 0 Å². The second-order valence-electron chi connectivity index (χ2n) is 6.80. The lowest BCUT2D eigenvalue weighted by Gasteiger charge is -2.43. The van der Waals surface area contributed by atoms with Gasteiger partial charge in [0.05, 0.1) is 0 Å². The molecule has 0 heterocycles. The van der Waals surface area contributed by atoms with Gasteiger partial charge in [0.15, 0.2) is 0 Å². The van der Waals surface area contributed by atoms with Crippen molar-refractivity contribution in [1.82, 2.24) is 10.6 Å². The summed E-state index contributed by atoms with van der Waals surface area (Å²) >= 11 is 0. The molecular formula is C16H40N2O4. The minimum atomic E-state index is 0. The molecule has 8 N–H and O–H groups in total. The van der Waals surface area contributed by atoms with Crippen LogP contribution in [-0.2, 0) is 0 Å². The molecule has 0 radical (unpaired) electrons. The van der Waals surface area contributed by atoms with Gasteiger partial charge in [-0.1, -0.05) is 20.3 Å². The maximum Gasteiger partial charge on any atom is 0.0443 e. The molecule has 138 valence electrons. The largest absolute Gasteiger partial charge is 0.412 e. The highest BCUT2D eigenvalue weighted by Gasteiger charge is 2.35. The highest BCUT2D eigenvalue weighted by molar-refractivity contribution is 4.92. The first kappa shape index (κ1) is 26.6. The minimum absolute atomic E-state index is 0. The summed E-state index contributed by atoms with van der Waals surface area (Å²) in [6.45, 7) is 12.5. The lowest BCUT2D eigenvalue weighted by atomic mass is 9.71. The minimum Gasteiger partial charge on any atom is -0.412 e. The number of nitrogens with one attached hydrogen (secondary N) is 2.